The Labute approximate surface area is 92.1 Å². The van der Waals surface area contributed by atoms with Crippen molar-refractivity contribution in [2.45, 2.75) is 19.4 Å². The minimum atomic E-state index is -0.0857. The number of nitrogens with zero attached hydrogens (tertiary/aromatic N) is 1. The fraction of sp³-hybridized carbons (Fsp3) is 0.364. The van der Waals surface area contributed by atoms with E-state index in [1.54, 1.807) is 0 Å². The van der Waals surface area contributed by atoms with Gasteiger partial charge in [0.05, 0.1) is 5.54 Å². The van der Waals surface area contributed by atoms with Crippen molar-refractivity contribution in [3.63, 3.8) is 0 Å². The molecule has 3 heteroatoms. The van der Waals surface area contributed by atoms with Crippen LogP contribution < -0.4 is 0 Å². The Hall–Kier alpha value is -0.830. The second-order valence-corrected chi connectivity index (χ2v) is 4.94. The highest BCUT2D eigenvalue weighted by atomic mass is 79.9. The Morgan fingerprint density at radius 2 is 2.21 bits per heavy atom. The van der Waals surface area contributed by atoms with Crippen LogP contribution in [0.1, 0.15) is 19.4 Å². The number of hydrogen-bond acceptors (Lipinski definition) is 2. The summed E-state index contributed by atoms with van der Waals surface area (Å²) in [6.07, 6.45) is 0. The lowest BCUT2D eigenvalue weighted by Gasteiger charge is -2.07. The lowest BCUT2D eigenvalue weighted by atomic mass is 10.1. The molecule has 0 radical (unpaired) electrons. The second-order valence-electron chi connectivity index (χ2n) is 4.03. The normalized spacial score (nSPS) is 18.9. The number of aliphatic imine (C=N–C) groups is 1. The lowest BCUT2D eigenvalue weighted by Crippen LogP contribution is -2.17. The fourth-order valence-electron chi connectivity index (χ4n) is 1.35. The molecule has 1 aromatic rings. The zero-order valence-electron chi connectivity index (χ0n) is 8.25. The van der Waals surface area contributed by atoms with E-state index >= 15 is 0 Å². The van der Waals surface area contributed by atoms with Crippen molar-refractivity contribution in [1.29, 1.82) is 0 Å². The van der Waals surface area contributed by atoms with Crippen molar-refractivity contribution in [3.8, 4) is 0 Å². The zero-order valence-corrected chi connectivity index (χ0v) is 9.84. The molecule has 1 aromatic carbocycles. The van der Waals surface area contributed by atoms with Crippen LogP contribution in [0, 0.1) is 0 Å². The number of rotatable bonds is 1. The first-order valence-electron chi connectivity index (χ1n) is 4.55. The van der Waals surface area contributed by atoms with E-state index in [9.17, 15) is 0 Å². The zero-order chi connectivity index (χ0) is 10.2. The minimum Gasteiger partial charge on any atom is -0.475 e. The Morgan fingerprint density at radius 1 is 1.43 bits per heavy atom. The second kappa shape index (κ2) is 3.39. The van der Waals surface area contributed by atoms with Crippen LogP contribution in [-0.4, -0.2) is 18.0 Å². The molecule has 1 heterocycles. The molecule has 0 saturated carbocycles. The molecule has 0 saturated heterocycles. The maximum atomic E-state index is 5.54. The summed E-state index contributed by atoms with van der Waals surface area (Å²) in [4.78, 5) is 4.51. The van der Waals surface area contributed by atoms with E-state index in [2.05, 4.69) is 34.8 Å². The SMILES string of the molecule is CC1(C)COC(c2cccc(Br)c2)=N1. The number of benzene rings is 1. The summed E-state index contributed by atoms with van der Waals surface area (Å²) in [5, 5.41) is 0. The van der Waals surface area contributed by atoms with Gasteiger partial charge in [-0.3, -0.25) is 0 Å². The molecule has 1 aliphatic rings. The van der Waals surface area contributed by atoms with Crippen molar-refractivity contribution < 1.29 is 4.74 Å². The van der Waals surface area contributed by atoms with Crippen LogP contribution in [0.2, 0.25) is 0 Å². The van der Waals surface area contributed by atoms with Gasteiger partial charge in [-0.25, -0.2) is 4.99 Å². The molecule has 0 fully saturated rings. The van der Waals surface area contributed by atoms with Crippen molar-refractivity contribution in [2.24, 2.45) is 4.99 Å². The number of halogens is 1. The monoisotopic (exact) mass is 253 g/mol. The Morgan fingerprint density at radius 3 is 2.79 bits per heavy atom. The van der Waals surface area contributed by atoms with E-state index in [0.29, 0.717) is 6.61 Å². The van der Waals surface area contributed by atoms with Crippen LogP contribution in [0.3, 0.4) is 0 Å². The van der Waals surface area contributed by atoms with Crippen molar-refractivity contribution in [3.05, 3.63) is 34.3 Å². The summed E-state index contributed by atoms with van der Waals surface area (Å²) in [5.74, 6) is 0.747. The first kappa shape index (κ1) is 9.71. The summed E-state index contributed by atoms with van der Waals surface area (Å²) >= 11 is 3.43. The van der Waals surface area contributed by atoms with Gasteiger partial charge in [-0.2, -0.15) is 0 Å². The predicted octanol–water partition coefficient (Wildman–Crippen LogP) is 3.00. The van der Waals surface area contributed by atoms with Gasteiger partial charge in [0, 0.05) is 10.0 Å². The molecule has 0 spiro atoms. The average molecular weight is 254 g/mol. The molecular formula is C11H12BrNO. The highest BCUT2D eigenvalue weighted by molar-refractivity contribution is 9.10. The molecule has 0 amide bonds. The molecule has 0 N–H and O–H groups in total. The molecule has 0 atom stereocenters. The van der Waals surface area contributed by atoms with Gasteiger partial charge in [-0.1, -0.05) is 22.0 Å². The molecule has 74 valence electrons. The van der Waals surface area contributed by atoms with Crippen LogP contribution in [0.15, 0.2) is 33.7 Å². The van der Waals surface area contributed by atoms with Crippen LogP contribution >= 0.6 is 15.9 Å². The minimum absolute atomic E-state index is 0.0857. The molecular weight excluding hydrogens is 242 g/mol. The van der Waals surface area contributed by atoms with Crippen LogP contribution in [0.5, 0.6) is 0 Å². The van der Waals surface area contributed by atoms with Gasteiger partial charge in [0.25, 0.3) is 0 Å². The summed E-state index contributed by atoms with van der Waals surface area (Å²) in [6, 6.07) is 7.99. The van der Waals surface area contributed by atoms with Gasteiger partial charge in [-0.05, 0) is 32.0 Å². The van der Waals surface area contributed by atoms with Crippen LogP contribution in [0.25, 0.3) is 0 Å². The molecule has 0 aliphatic carbocycles. The highest BCUT2D eigenvalue weighted by Gasteiger charge is 2.26. The van der Waals surface area contributed by atoms with Gasteiger partial charge >= 0.3 is 0 Å². The molecule has 1 aliphatic heterocycles. The third kappa shape index (κ3) is 1.98. The topological polar surface area (TPSA) is 21.6 Å². The highest BCUT2D eigenvalue weighted by Crippen LogP contribution is 2.22. The number of hydrogen-bond donors (Lipinski definition) is 0. The van der Waals surface area contributed by atoms with Gasteiger partial charge in [0.1, 0.15) is 6.61 Å². The molecule has 0 unspecified atom stereocenters. The Bertz CT molecular complexity index is 385. The first-order chi connectivity index (χ1) is 6.57. The van der Waals surface area contributed by atoms with E-state index < -0.39 is 0 Å². The smallest absolute Gasteiger partial charge is 0.216 e. The predicted molar refractivity (Wildman–Crippen MR) is 60.7 cm³/mol. The number of ether oxygens (including phenoxy) is 1. The molecule has 2 rings (SSSR count). The van der Waals surface area contributed by atoms with Crippen LogP contribution in [-0.2, 0) is 4.74 Å². The summed E-state index contributed by atoms with van der Waals surface area (Å²) in [7, 11) is 0. The van der Waals surface area contributed by atoms with Crippen molar-refractivity contribution in [2.75, 3.05) is 6.61 Å². The van der Waals surface area contributed by atoms with Gasteiger partial charge in [0.15, 0.2) is 0 Å². The molecule has 2 nitrogen and oxygen atoms in total. The van der Waals surface area contributed by atoms with E-state index in [-0.39, 0.29) is 5.54 Å². The van der Waals surface area contributed by atoms with Crippen molar-refractivity contribution in [1.82, 2.24) is 0 Å². The standard InChI is InChI=1S/C11H12BrNO/c1-11(2)7-14-10(13-11)8-4-3-5-9(12)6-8/h3-6H,7H2,1-2H3. The molecule has 0 aromatic heterocycles. The van der Waals surface area contributed by atoms with Crippen molar-refractivity contribution >= 4 is 21.8 Å². The quantitative estimate of drug-likeness (QED) is 0.754. The first-order valence-corrected chi connectivity index (χ1v) is 5.35. The van der Waals surface area contributed by atoms with E-state index in [1.165, 1.54) is 0 Å². The molecule has 14 heavy (non-hydrogen) atoms. The third-order valence-electron chi connectivity index (χ3n) is 2.04. The van der Waals surface area contributed by atoms with E-state index in [1.807, 2.05) is 24.3 Å². The maximum absolute atomic E-state index is 5.54. The maximum Gasteiger partial charge on any atom is 0.216 e. The summed E-state index contributed by atoms with van der Waals surface area (Å²) in [5.41, 5.74) is 0.947. The van der Waals surface area contributed by atoms with Crippen LogP contribution in [0.4, 0.5) is 0 Å². The van der Waals surface area contributed by atoms with Gasteiger partial charge in [0.2, 0.25) is 5.90 Å². The van der Waals surface area contributed by atoms with Gasteiger partial charge < -0.3 is 4.74 Å². The average Bonchev–Trinajstić information content (AvgIpc) is 2.46. The fourth-order valence-corrected chi connectivity index (χ4v) is 1.75. The summed E-state index contributed by atoms with van der Waals surface area (Å²) in [6.45, 7) is 4.80. The third-order valence-corrected chi connectivity index (χ3v) is 2.53. The van der Waals surface area contributed by atoms with E-state index in [4.69, 9.17) is 4.74 Å². The Balaban J connectivity index is 2.33. The summed E-state index contributed by atoms with van der Waals surface area (Å²) < 4.78 is 6.59. The lowest BCUT2D eigenvalue weighted by molar-refractivity contribution is 0.279. The Kier molecular flexibility index (Phi) is 2.35. The van der Waals surface area contributed by atoms with Gasteiger partial charge in [-0.15, -0.1) is 0 Å². The van der Waals surface area contributed by atoms with E-state index in [0.717, 1.165) is 15.9 Å². The molecule has 0 bridgehead atoms. The largest absolute Gasteiger partial charge is 0.475 e.